The number of benzene rings is 2. The van der Waals surface area contributed by atoms with Crippen molar-refractivity contribution >= 4 is 28.8 Å². The van der Waals surface area contributed by atoms with Gasteiger partial charge in [-0.1, -0.05) is 42.1 Å². The summed E-state index contributed by atoms with van der Waals surface area (Å²) in [7, 11) is 0. The van der Waals surface area contributed by atoms with E-state index in [9.17, 15) is 4.79 Å². The summed E-state index contributed by atoms with van der Waals surface area (Å²) in [6, 6.07) is 17.1. The Balaban J connectivity index is 1.70. The molecule has 6 heteroatoms. The van der Waals surface area contributed by atoms with E-state index in [0.29, 0.717) is 23.1 Å². The molecule has 2 aromatic carbocycles. The Hall–Kier alpha value is -2.78. The highest BCUT2D eigenvalue weighted by Gasteiger charge is 2.13. The molecule has 0 aliphatic heterocycles. The number of thioether (sulfide) groups is 1. The first kappa shape index (κ1) is 17.1. The number of nitriles is 1. The van der Waals surface area contributed by atoms with Gasteiger partial charge < -0.3 is 9.73 Å². The second-order valence-corrected chi connectivity index (χ2v) is 6.56. The molecule has 0 saturated carbocycles. The van der Waals surface area contributed by atoms with E-state index in [2.05, 4.69) is 16.4 Å². The molecule has 3 rings (SSSR count). The molecule has 3 aromatic rings. The van der Waals surface area contributed by atoms with Crippen LogP contribution in [0, 0.1) is 17.2 Å². The van der Waals surface area contributed by atoms with Gasteiger partial charge in [-0.3, -0.25) is 4.79 Å². The third-order valence-electron chi connectivity index (χ3n) is 3.68. The number of hydrogen-bond acceptors (Lipinski definition) is 5. The van der Waals surface area contributed by atoms with Gasteiger partial charge in [-0.05, 0) is 30.7 Å². The molecule has 0 aliphatic rings. The van der Waals surface area contributed by atoms with Crippen LogP contribution in [-0.2, 0) is 5.75 Å². The molecular formula is C19H17N3O2S. The maximum absolute atomic E-state index is 12.4. The van der Waals surface area contributed by atoms with Crippen molar-refractivity contribution in [2.75, 3.05) is 6.54 Å². The monoisotopic (exact) mass is 351 g/mol. The summed E-state index contributed by atoms with van der Waals surface area (Å²) in [5.74, 6) is 0.186. The Kier molecular flexibility index (Phi) is 5.36. The molecule has 126 valence electrons. The van der Waals surface area contributed by atoms with E-state index < -0.39 is 0 Å². The summed E-state index contributed by atoms with van der Waals surface area (Å²) in [4.78, 5) is 16.8. The van der Waals surface area contributed by atoms with Crippen LogP contribution in [0.15, 0.2) is 58.2 Å². The second kappa shape index (κ2) is 7.86. The zero-order valence-corrected chi connectivity index (χ0v) is 14.5. The van der Waals surface area contributed by atoms with Crippen LogP contribution in [0.3, 0.4) is 0 Å². The number of hydrogen-bond donors (Lipinski definition) is 1. The van der Waals surface area contributed by atoms with Gasteiger partial charge in [-0.25, -0.2) is 4.98 Å². The van der Waals surface area contributed by atoms with Crippen molar-refractivity contribution in [1.29, 1.82) is 5.26 Å². The van der Waals surface area contributed by atoms with Crippen LogP contribution >= 0.6 is 11.8 Å². The molecule has 1 N–H and O–H groups in total. The van der Waals surface area contributed by atoms with Crippen molar-refractivity contribution in [3.8, 4) is 6.07 Å². The van der Waals surface area contributed by atoms with Crippen molar-refractivity contribution in [2.45, 2.75) is 17.9 Å². The van der Waals surface area contributed by atoms with E-state index in [4.69, 9.17) is 9.68 Å². The average molecular weight is 351 g/mol. The van der Waals surface area contributed by atoms with Gasteiger partial charge in [-0.2, -0.15) is 5.26 Å². The van der Waals surface area contributed by atoms with Crippen LogP contribution in [0.4, 0.5) is 0 Å². The first-order chi connectivity index (χ1) is 12.2. The molecule has 0 spiro atoms. The fourth-order valence-electron chi connectivity index (χ4n) is 2.31. The lowest BCUT2D eigenvalue weighted by molar-refractivity contribution is 0.0950. The summed E-state index contributed by atoms with van der Waals surface area (Å²) in [5.41, 5.74) is 3.08. The third-order valence-corrected chi connectivity index (χ3v) is 4.55. The second-order valence-electron chi connectivity index (χ2n) is 5.63. The van der Waals surface area contributed by atoms with E-state index >= 15 is 0 Å². The molecule has 0 fully saturated rings. The number of amides is 1. The molecule has 5 nitrogen and oxygen atoms in total. The number of carbonyl (C=O) groups excluding carboxylic acids is 1. The Bertz CT molecular complexity index is 897. The summed E-state index contributed by atoms with van der Waals surface area (Å²) in [6.45, 7) is 2.11. The maximum Gasteiger partial charge on any atom is 0.257 e. The number of nitrogens with zero attached hydrogens (tertiary/aromatic N) is 2. The number of para-hydroxylation sites is 2. The van der Waals surface area contributed by atoms with E-state index in [1.165, 1.54) is 11.8 Å². The Morgan fingerprint density at radius 2 is 2.04 bits per heavy atom. The van der Waals surface area contributed by atoms with Crippen molar-refractivity contribution in [3.05, 3.63) is 59.7 Å². The first-order valence-electron chi connectivity index (χ1n) is 7.91. The van der Waals surface area contributed by atoms with E-state index in [1.807, 2.05) is 42.5 Å². The van der Waals surface area contributed by atoms with Gasteiger partial charge in [0.05, 0.1) is 12.0 Å². The fourth-order valence-corrected chi connectivity index (χ4v) is 3.15. The molecule has 1 aromatic heterocycles. The van der Waals surface area contributed by atoms with Gasteiger partial charge >= 0.3 is 0 Å². The van der Waals surface area contributed by atoms with Crippen LogP contribution in [-0.4, -0.2) is 17.4 Å². The average Bonchev–Trinajstić information content (AvgIpc) is 3.07. The summed E-state index contributed by atoms with van der Waals surface area (Å²) in [5, 5.41) is 12.2. The van der Waals surface area contributed by atoms with Gasteiger partial charge in [0.2, 0.25) is 0 Å². The number of rotatable bonds is 6. The molecule has 1 atom stereocenters. The molecule has 0 radical (unpaired) electrons. The van der Waals surface area contributed by atoms with E-state index in [0.717, 1.165) is 16.7 Å². The summed E-state index contributed by atoms with van der Waals surface area (Å²) < 4.78 is 5.70. The predicted molar refractivity (Wildman–Crippen MR) is 97.1 cm³/mol. The largest absolute Gasteiger partial charge is 0.431 e. The Morgan fingerprint density at radius 1 is 1.28 bits per heavy atom. The van der Waals surface area contributed by atoms with Gasteiger partial charge in [0.1, 0.15) is 5.52 Å². The number of aromatic nitrogens is 1. The van der Waals surface area contributed by atoms with Crippen LogP contribution in [0.5, 0.6) is 0 Å². The van der Waals surface area contributed by atoms with Gasteiger partial charge in [0.25, 0.3) is 11.1 Å². The van der Waals surface area contributed by atoms with Gasteiger partial charge in [0.15, 0.2) is 5.58 Å². The Labute approximate surface area is 150 Å². The zero-order valence-electron chi connectivity index (χ0n) is 13.7. The minimum Gasteiger partial charge on any atom is -0.431 e. The van der Waals surface area contributed by atoms with Crippen molar-refractivity contribution in [2.24, 2.45) is 5.92 Å². The molecule has 0 aliphatic carbocycles. The third kappa shape index (κ3) is 4.20. The molecule has 0 saturated heterocycles. The highest BCUT2D eigenvalue weighted by Crippen LogP contribution is 2.27. The van der Waals surface area contributed by atoms with Crippen LogP contribution in [0.25, 0.3) is 11.1 Å². The molecule has 1 unspecified atom stereocenters. The lowest BCUT2D eigenvalue weighted by atomic mass is 10.1. The SMILES string of the molecule is CC(C#N)CNC(=O)c1ccccc1CSc1nc2ccccc2o1. The normalized spacial score (nSPS) is 11.8. The number of carbonyl (C=O) groups is 1. The molecule has 25 heavy (non-hydrogen) atoms. The molecule has 1 heterocycles. The lowest BCUT2D eigenvalue weighted by Crippen LogP contribution is -2.28. The van der Waals surface area contributed by atoms with Gasteiger partial charge in [-0.15, -0.1) is 0 Å². The quantitative estimate of drug-likeness (QED) is 0.679. The Morgan fingerprint density at radius 3 is 2.84 bits per heavy atom. The fraction of sp³-hybridized carbons (Fsp3) is 0.211. The zero-order chi connectivity index (χ0) is 17.6. The van der Waals surface area contributed by atoms with Crippen LogP contribution < -0.4 is 5.32 Å². The predicted octanol–water partition coefficient (Wildman–Crippen LogP) is 4.01. The lowest BCUT2D eigenvalue weighted by Gasteiger charge is -2.10. The van der Waals surface area contributed by atoms with Crippen LogP contribution in [0.2, 0.25) is 0 Å². The molecule has 0 bridgehead atoms. The number of fused-ring (bicyclic) bond motifs is 1. The standard InChI is InChI=1S/C19H17N3O2S/c1-13(10-20)11-21-18(23)15-7-3-2-6-14(15)12-25-19-22-16-8-4-5-9-17(16)24-19/h2-9,13H,11-12H2,1H3,(H,21,23). The van der Waals surface area contributed by atoms with E-state index in [-0.39, 0.29) is 11.8 Å². The number of oxazole rings is 1. The van der Waals surface area contributed by atoms with E-state index in [1.54, 1.807) is 13.0 Å². The summed E-state index contributed by atoms with van der Waals surface area (Å²) >= 11 is 1.45. The molecular weight excluding hydrogens is 334 g/mol. The first-order valence-corrected chi connectivity index (χ1v) is 8.90. The van der Waals surface area contributed by atoms with Crippen molar-refractivity contribution in [3.63, 3.8) is 0 Å². The topological polar surface area (TPSA) is 78.9 Å². The van der Waals surface area contributed by atoms with Crippen molar-refractivity contribution < 1.29 is 9.21 Å². The van der Waals surface area contributed by atoms with Crippen molar-refractivity contribution in [1.82, 2.24) is 10.3 Å². The minimum absolute atomic E-state index is 0.170. The van der Waals surface area contributed by atoms with Crippen LogP contribution in [0.1, 0.15) is 22.8 Å². The smallest absolute Gasteiger partial charge is 0.257 e. The highest BCUT2D eigenvalue weighted by molar-refractivity contribution is 7.98. The number of nitrogens with one attached hydrogen (secondary N) is 1. The highest BCUT2D eigenvalue weighted by atomic mass is 32.2. The molecule has 1 amide bonds. The minimum atomic E-state index is -0.217. The maximum atomic E-state index is 12.4. The van der Waals surface area contributed by atoms with Gasteiger partial charge in [0, 0.05) is 17.9 Å². The summed E-state index contributed by atoms with van der Waals surface area (Å²) in [6.07, 6.45) is 0.